The molecule has 0 heterocycles. The van der Waals surface area contributed by atoms with E-state index in [-0.39, 0.29) is 44.3 Å². The van der Waals surface area contributed by atoms with E-state index in [9.17, 15) is 19.2 Å². The van der Waals surface area contributed by atoms with Crippen LogP contribution < -0.4 is 18.9 Å². The summed E-state index contributed by atoms with van der Waals surface area (Å²) in [5.74, 6) is 0.257. The number of aryl methyl sites for hydroxylation is 2. The molecule has 0 saturated heterocycles. The second-order valence-electron chi connectivity index (χ2n) is 12.4. The van der Waals surface area contributed by atoms with Crippen LogP contribution in [0, 0.1) is 0 Å². The highest BCUT2D eigenvalue weighted by Crippen LogP contribution is 2.47. The van der Waals surface area contributed by atoms with Crippen molar-refractivity contribution in [3.05, 3.63) is 131 Å². The number of hydrogen-bond donors (Lipinski definition) is 0. The summed E-state index contributed by atoms with van der Waals surface area (Å²) in [6, 6.07) is 25.6. The quantitative estimate of drug-likeness (QED) is 0.0494. The van der Waals surface area contributed by atoms with E-state index in [1.54, 1.807) is 50.2 Å². The van der Waals surface area contributed by atoms with Crippen LogP contribution in [0.25, 0.3) is 11.1 Å². The maximum Gasteiger partial charge on any atom is 0.335 e. The first-order valence-electron chi connectivity index (χ1n) is 16.7. The molecule has 0 atom stereocenters. The largest absolute Gasteiger partial charge is 0.457 e. The number of benzene rings is 4. The van der Waals surface area contributed by atoms with Crippen LogP contribution >= 0.6 is 0 Å². The Morgan fingerprint density at radius 1 is 0.558 bits per heavy atom. The predicted octanol–water partition coefficient (Wildman–Crippen LogP) is 7.81. The van der Waals surface area contributed by atoms with Crippen molar-refractivity contribution in [1.82, 2.24) is 0 Å². The van der Waals surface area contributed by atoms with Gasteiger partial charge in [0.2, 0.25) is 13.6 Å². The van der Waals surface area contributed by atoms with Crippen LogP contribution in [0.4, 0.5) is 0 Å². The fourth-order valence-electron chi connectivity index (χ4n) is 5.49. The summed E-state index contributed by atoms with van der Waals surface area (Å²) < 4.78 is 32.1. The van der Waals surface area contributed by atoms with Crippen molar-refractivity contribution in [2.45, 2.75) is 52.4 Å². The van der Waals surface area contributed by atoms with Crippen molar-refractivity contribution >= 4 is 23.9 Å². The molecule has 10 heteroatoms. The molecule has 4 aromatic rings. The van der Waals surface area contributed by atoms with Gasteiger partial charge in [-0.15, -0.1) is 0 Å². The minimum atomic E-state index is -0.520. The molecule has 0 aromatic heterocycles. The van der Waals surface area contributed by atoms with E-state index < -0.39 is 11.9 Å². The third-order valence-electron chi connectivity index (χ3n) is 8.34. The molecular weight excluding hydrogens is 664 g/mol. The van der Waals surface area contributed by atoms with Crippen molar-refractivity contribution in [1.29, 1.82) is 0 Å². The van der Waals surface area contributed by atoms with Crippen LogP contribution in [0.5, 0.6) is 23.0 Å². The highest BCUT2D eigenvalue weighted by molar-refractivity contribution is 5.87. The lowest BCUT2D eigenvalue weighted by molar-refractivity contribution is -0.146. The molecule has 0 unspecified atom stereocenters. The van der Waals surface area contributed by atoms with Crippen LogP contribution in [-0.4, -0.2) is 37.5 Å². The number of fused-ring (bicyclic) bond motifs is 3. The van der Waals surface area contributed by atoms with E-state index in [0.717, 1.165) is 33.4 Å². The Kier molecular flexibility index (Phi) is 12.3. The van der Waals surface area contributed by atoms with Crippen LogP contribution in [0.3, 0.4) is 0 Å². The summed E-state index contributed by atoms with van der Waals surface area (Å²) >= 11 is 0. The Bertz CT molecular complexity index is 1830. The van der Waals surface area contributed by atoms with Gasteiger partial charge in [-0.3, -0.25) is 9.59 Å². The number of rotatable bonds is 16. The highest BCUT2D eigenvalue weighted by atomic mass is 16.7. The summed E-state index contributed by atoms with van der Waals surface area (Å²) in [5.41, 5.74) is 6.57. The van der Waals surface area contributed by atoms with Gasteiger partial charge in [0.1, 0.15) is 23.0 Å². The highest BCUT2D eigenvalue weighted by Gasteiger charge is 2.27. The Morgan fingerprint density at radius 2 is 0.923 bits per heavy atom. The number of carbonyl (C=O) groups excluding carboxylic acids is 4. The van der Waals surface area contributed by atoms with Crippen molar-refractivity contribution in [3.63, 3.8) is 0 Å². The van der Waals surface area contributed by atoms with Crippen molar-refractivity contribution in [2.75, 3.05) is 13.6 Å². The lowest BCUT2D eigenvalue weighted by atomic mass is 9.99. The van der Waals surface area contributed by atoms with Gasteiger partial charge in [-0.2, -0.15) is 0 Å². The number of esters is 4. The molecule has 1 aliphatic carbocycles. The average molecular weight is 705 g/mol. The lowest BCUT2D eigenvalue weighted by Gasteiger charge is -2.10. The molecule has 4 aromatic carbocycles. The molecule has 0 aliphatic heterocycles. The van der Waals surface area contributed by atoms with Gasteiger partial charge < -0.3 is 28.4 Å². The molecule has 52 heavy (non-hydrogen) atoms. The fourth-order valence-corrected chi connectivity index (χ4v) is 5.49. The zero-order valence-electron chi connectivity index (χ0n) is 29.4. The Morgan fingerprint density at radius 3 is 1.29 bits per heavy atom. The van der Waals surface area contributed by atoms with Gasteiger partial charge in [-0.05, 0) is 109 Å². The van der Waals surface area contributed by atoms with E-state index >= 15 is 0 Å². The normalized spacial score (nSPS) is 11.4. The standard InChI is InChI=1S/C42H40O10/c1-26(2)41(45)49-24-47-31-12-6-29(7-13-31)10-20-39(43)51-33-16-18-35-36-19-17-34(23-38(36)28(5)37(35)22-33)52-40(44)21-11-30-8-14-32(15-9-30)48-25-50-42(46)27(3)4/h6-9,12-19,22-23,28H,1,3,10-11,20-21,24-25H2,2,4-5H3. The van der Waals surface area contributed by atoms with Crippen molar-refractivity contribution < 1.29 is 47.6 Å². The third kappa shape index (κ3) is 9.97. The molecule has 0 saturated carbocycles. The van der Waals surface area contributed by atoms with E-state index in [1.165, 1.54) is 0 Å². The topological polar surface area (TPSA) is 124 Å². The zero-order valence-corrected chi connectivity index (χ0v) is 29.4. The first-order chi connectivity index (χ1) is 25.0. The number of hydrogen-bond acceptors (Lipinski definition) is 10. The minimum Gasteiger partial charge on any atom is -0.457 e. The molecule has 10 nitrogen and oxygen atoms in total. The van der Waals surface area contributed by atoms with Gasteiger partial charge in [-0.25, -0.2) is 9.59 Å². The molecule has 0 fully saturated rings. The Hall–Kier alpha value is -6.16. The number of carbonyl (C=O) groups is 4. The van der Waals surface area contributed by atoms with E-state index in [4.69, 9.17) is 28.4 Å². The van der Waals surface area contributed by atoms with Gasteiger partial charge >= 0.3 is 23.9 Å². The van der Waals surface area contributed by atoms with Crippen molar-refractivity contribution in [2.24, 2.45) is 0 Å². The van der Waals surface area contributed by atoms with Crippen LogP contribution in [0.1, 0.15) is 61.8 Å². The monoisotopic (exact) mass is 704 g/mol. The molecule has 0 amide bonds. The van der Waals surface area contributed by atoms with Gasteiger partial charge in [-0.1, -0.05) is 56.5 Å². The SMILES string of the molecule is C=C(C)C(=O)OCOc1ccc(CCC(=O)Oc2ccc3c(c2)C(C)c2cc(OC(=O)CCc4ccc(OCOC(=O)C(=C)C)cc4)ccc2-3)cc1. The summed E-state index contributed by atoms with van der Waals surface area (Å²) in [4.78, 5) is 48.4. The average Bonchev–Trinajstić information content (AvgIpc) is 3.40. The van der Waals surface area contributed by atoms with Crippen LogP contribution in [-0.2, 0) is 41.5 Å². The molecular formula is C42H40O10. The molecule has 0 radical (unpaired) electrons. The van der Waals surface area contributed by atoms with E-state index in [2.05, 4.69) is 20.1 Å². The second kappa shape index (κ2) is 17.2. The van der Waals surface area contributed by atoms with E-state index in [1.807, 2.05) is 48.5 Å². The van der Waals surface area contributed by atoms with Crippen LogP contribution in [0.15, 0.2) is 109 Å². The maximum atomic E-state index is 12.7. The molecule has 5 rings (SSSR count). The maximum absolute atomic E-state index is 12.7. The Labute approximate surface area is 302 Å². The minimum absolute atomic E-state index is 0.00241. The second-order valence-corrected chi connectivity index (χ2v) is 12.4. The van der Waals surface area contributed by atoms with Crippen LogP contribution in [0.2, 0.25) is 0 Å². The van der Waals surface area contributed by atoms with E-state index in [0.29, 0.717) is 47.0 Å². The molecule has 0 bridgehead atoms. The summed E-state index contributed by atoms with van der Waals surface area (Å²) in [6.07, 6.45) is 1.34. The summed E-state index contributed by atoms with van der Waals surface area (Å²) in [7, 11) is 0. The third-order valence-corrected chi connectivity index (χ3v) is 8.34. The summed E-state index contributed by atoms with van der Waals surface area (Å²) in [5, 5.41) is 0. The van der Waals surface area contributed by atoms with Gasteiger partial charge in [0, 0.05) is 29.9 Å². The molecule has 1 aliphatic rings. The van der Waals surface area contributed by atoms with Gasteiger partial charge in [0.05, 0.1) is 0 Å². The fraction of sp³-hybridized carbons (Fsp3) is 0.238. The first kappa shape index (κ1) is 37.1. The lowest BCUT2D eigenvalue weighted by Crippen LogP contribution is -2.11. The first-order valence-corrected chi connectivity index (χ1v) is 16.7. The predicted molar refractivity (Wildman–Crippen MR) is 193 cm³/mol. The van der Waals surface area contributed by atoms with Crippen molar-refractivity contribution in [3.8, 4) is 34.1 Å². The summed E-state index contributed by atoms with van der Waals surface area (Å²) in [6.45, 7) is 11.8. The zero-order chi connectivity index (χ0) is 37.2. The van der Waals surface area contributed by atoms with Gasteiger partial charge in [0.15, 0.2) is 0 Å². The molecule has 0 N–H and O–H groups in total. The number of ether oxygens (including phenoxy) is 6. The molecule has 268 valence electrons. The molecule has 0 spiro atoms. The smallest absolute Gasteiger partial charge is 0.335 e. The van der Waals surface area contributed by atoms with Gasteiger partial charge in [0.25, 0.3) is 0 Å². The Balaban J connectivity index is 1.07.